The molecule has 0 amide bonds. The van der Waals surface area contributed by atoms with E-state index in [4.69, 9.17) is 5.73 Å². The normalized spacial score (nSPS) is 21.7. The number of halogens is 1. The van der Waals surface area contributed by atoms with Crippen molar-refractivity contribution in [1.29, 1.82) is 0 Å². The van der Waals surface area contributed by atoms with Gasteiger partial charge in [-0.2, -0.15) is 0 Å². The molecule has 3 rings (SSSR count). The van der Waals surface area contributed by atoms with Gasteiger partial charge in [0.2, 0.25) is 0 Å². The molecule has 0 radical (unpaired) electrons. The average molecular weight is 330 g/mol. The first-order valence-corrected chi connectivity index (χ1v) is 8.14. The lowest BCUT2D eigenvalue weighted by Gasteiger charge is -2.27. The summed E-state index contributed by atoms with van der Waals surface area (Å²) in [6, 6.07) is 18.4. The van der Waals surface area contributed by atoms with Crippen molar-refractivity contribution in [1.82, 2.24) is 0 Å². The van der Waals surface area contributed by atoms with Crippen molar-refractivity contribution in [2.75, 3.05) is 0 Å². The molecule has 0 aliphatic heterocycles. The van der Waals surface area contributed by atoms with Gasteiger partial charge in [-0.25, -0.2) is 0 Å². The van der Waals surface area contributed by atoms with Gasteiger partial charge in [0.25, 0.3) is 0 Å². The first kappa shape index (κ1) is 17.7. The van der Waals surface area contributed by atoms with E-state index in [1.807, 2.05) is 24.3 Å². The zero-order valence-corrected chi connectivity index (χ0v) is 14.3. The van der Waals surface area contributed by atoms with Gasteiger partial charge < -0.3 is 5.73 Å². The average Bonchev–Trinajstić information content (AvgIpc) is 2.69. The van der Waals surface area contributed by atoms with Gasteiger partial charge in [0, 0.05) is 0 Å². The lowest BCUT2D eigenvalue weighted by Crippen LogP contribution is -2.35. The zero-order chi connectivity index (χ0) is 15.5. The number of ketones is 1. The van der Waals surface area contributed by atoms with Crippen LogP contribution in [0.5, 0.6) is 0 Å². The monoisotopic (exact) mass is 329 g/mol. The van der Waals surface area contributed by atoms with E-state index in [2.05, 4.69) is 37.3 Å². The van der Waals surface area contributed by atoms with Crippen LogP contribution in [0, 0.1) is 0 Å². The molecule has 0 spiro atoms. The third kappa shape index (κ3) is 3.49. The number of Topliss-reactive ketones (excluding diaryl/α,β-unsaturated/α-hetero) is 1. The molecule has 0 saturated heterocycles. The van der Waals surface area contributed by atoms with Crippen LogP contribution >= 0.6 is 12.4 Å². The van der Waals surface area contributed by atoms with Crippen molar-refractivity contribution in [3.05, 3.63) is 71.3 Å². The smallest absolute Gasteiger partial charge is 0.157 e. The minimum absolute atomic E-state index is 0. The summed E-state index contributed by atoms with van der Waals surface area (Å²) in [5, 5.41) is 0. The third-order valence-electron chi connectivity index (χ3n) is 4.86. The molecule has 1 aliphatic rings. The largest absolute Gasteiger partial charge is 0.321 e. The van der Waals surface area contributed by atoms with E-state index in [0.29, 0.717) is 0 Å². The van der Waals surface area contributed by atoms with E-state index in [9.17, 15) is 4.79 Å². The molecule has 0 heterocycles. The topological polar surface area (TPSA) is 43.1 Å². The maximum absolute atomic E-state index is 13.0. The second-order valence-electron chi connectivity index (χ2n) is 6.15. The predicted octanol–water partition coefficient (Wildman–Crippen LogP) is 4.23. The van der Waals surface area contributed by atoms with E-state index >= 15 is 0 Å². The molecule has 3 unspecified atom stereocenters. The summed E-state index contributed by atoms with van der Waals surface area (Å²) in [6.07, 6.45) is 2.57. The van der Waals surface area contributed by atoms with Crippen LogP contribution in [0.15, 0.2) is 54.6 Å². The summed E-state index contributed by atoms with van der Waals surface area (Å²) in [5.41, 5.74) is 9.86. The Morgan fingerprint density at radius 2 is 1.74 bits per heavy atom. The van der Waals surface area contributed by atoms with Crippen molar-refractivity contribution >= 4 is 18.2 Å². The van der Waals surface area contributed by atoms with Gasteiger partial charge in [-0.15, -0.1) is 12.4 Å². The summed E-state index contributed by atoms with van der Waals surface area (Å²) in [7, 11) is 0. The first-order chi connectivity index (χ1) is 10.7. The number of carbonyl (C=O) groups excluding carboxylic acids is 1. The number of benzene rings is 2. The van der Waals surface area contributed by atoms with Crippen LogP contribution in [0.1, 0.15) is 48.3 Å². The highest BCUT2D eigenvalue weighted by atomic mass is 35.5. The summed E-state index contributed by atoms with van der Waals surface area (Å²) in [4.78, 5) is 13.0. The Hall–Kier alpha value is -1.64. The van der Waals surface area contributed by atoms with E-state index in [0.717, 1.165) is 19.3 Å². The minimum atomic E-state index is -0.352. The van der Waals surface area contributed by atoms with Crippen LogP contribution < -0.4 is 5.73 Å². The molecule has 23 heavy (non-hydrogen) atoms. The number of aryl methyl sites for hydroxylation is 1. The first-order valence-electron chi connectivity index (χ1n) is 8.14. The minimum Gasteiger partial charge on any atom is -0.321 e. The number of fused-ring (bicyclic) bond motifs is 1. The fourth-order valence-corrected chi connectivity index (χ4v) is 3.68. The van der Waals surface area contributed by atoms with Gasteiger partial charge in [-0.1, -0.05) is 61.5 Å². The Bertz CT molecular complexity index is 656. The Labute approximate surface area is 144 Å². The molecule has 0 bridgehead atoms. The standard InChI is InChI=1S/C20H23NO.ClH/c1-2-16(14-8-4-3-5-9-14)19-17-11-7-6-10-15(17)12-13-18(21)20(19)22;/h3-11,16,18-19H,2,12-13,21H2,1H3;1H. The predicted molar refractivity (Wildman–Crippen MR) is 97.2 cm³/mol. The van der Waals surface area contributed by atoms with E-state index in [1.165, 1.54) is 16.7 Å². The van der Waals surface area contributed by atoms with Gasteiger partial charge in [0.05, 0.1) is 12.0 Å². The Balaban J connectivity index is 0.00000192. The van der Waals surface area contributed by atoms with Gasteiger partial charge in [-0.05, 0) is 41.9 Å². The molecular formula is C20H24ClNO. The second-order valence-corrected chi connectivity index (χ2v) is 6.15. The maximum atomic E-state index is 13.0. The van der Waals surface area contributed by atoms with Crippen LogP contribution in [0.3, 0.4) is 0 Å². The zero-order valence-electron chi connectivity index (χ0n) is 13.4. The molecule has 0 fully saturated rings. The SMILES string of the molecule is CCC(c1ccccc1)C1C(=O)C(N)CCc2ccccc21.Cl. The molecule has 2 N–H and O–H groups in total. The van der Waals surface area contributed by atoms with Crippen molar-refractivity contribution in [2.24, 2.45) is 5.73 Å². The molecule has 2 nitrogen and oxygen atoms in total. The molecule has 122 valence electrons. The number of rotatable bonds is 3. The highest BCUT2D eigenvalue weighted by Crippen LogP contribution is 2.40. The van der Waals surface area contributed by atoms with Crippen LogP contribution in [-0.2, 0) is 11.2 Å². The molecule has 1 aliphatic carbocycles. The molecule has 0 saturated carbocycles. The Kier molecular flexibility index (Phi) is 5.97. The molecule has 2 aromatic rings. The number of hydrogen-bond acceptors (Lipinski definition) is 2. The molecule has 3 atom stereocenters. The van der Waals surface area contributed by atoms with Gasteiger partial charge in [0.15, 0.2) is 5.78 Å². The third-order valence-corrected chi connectivity index (χ3v) is 4.86. The van der Waals surface area contributed by atoms with Gasteiger partial charge in [-0.3, -0.25) is 4.79 Å². The van der Waals surface area contributed by atoms with Crippen molar-refractivity contribution in [2.45, 2.75) is 44.1 Å². The summed E-state index contributed by atoms with van der Waals surface area (Å²) >= 11 is 0. The highest BCUT2D eigenvalue weighted by Gasteiger charge is 2.36. The lowest BCUT2D eigenvalue weighted by molar-refractivity contribution is -0.122. The second kappa shape index (κ2) is 7.76. The molecular weight excluding hydrogens is 306 g/mol. The summed E-state index contributed by atoms with van der Waals surface area (Å²) in [6.45, 7) is 2.16. The van der Waals surface area contributed by atoms with Crippen molar-refractivity contribution in [3.8, 4) is 0 Å². The van der Waals surface area contributed by atoms with Crippen LogP contribution in [0.25, 0.3) is 0 Å². The van der Waals surface area contributed by atoms with Crippen LogP contribution in [0.2, 0.25) is 0 Å². The number of carbonyl (C=O) groups is 1. The quantitative estimate of drug-likeness (QED) is 0.856. The number of nitrogens with two attached hydrogens (primary N) is 1. The van der Waals surface area contributed by atoms with Gasteiger partial charge in [0.1, 0.15) is 0 Å². The van der Waals surface area contributed by atoms with Crippen molar-refractivity contribution in [3.63, 3.8) is 0 Å². The molecule has 2 aromatic carbocycles. The summed E-state index contributed by atoms with van der Waals surface area (Å²) in [5.74, 6) is 0.265. The van der Waals surface area contributed by atoms with Gasteiger partial charge >= 0.3 is 0 Å². The number of hydrogen-bond donors (Lipinski definition) is 1. The summed E-state index contributed by atoms with van der Waals surface area (Å²) < 4.78 is 0. The maximum Gasteiger partial charge on any atom is 0.157 e. The molecule has 0 aromatic heterocycles. The fraction of sp³-hybridized carbons (Fsp3) is 0.350. The Morgan fingerprint density at radius 3 is 2.43 bits per heavy atom. The van der Waals surface area contributed by atoms with Crippen LogP contribution in [-0.4, -0.2) is 11.8 Å². The highest BCUT2D eigenvalue weighted by molar-refractivity contribution is 5.92. The van der Waals surface area contributed by atoms with Crippen molar-refractivity contribution < 1.29 is 4.79 Å². The van der Waals surface area contributed by atoms with E-state index < -0.39 is 0 Å². The lowest BCUT2D eigenvalue weighted by atomic mass is 9.76. The van der Waals surface area contributed by atoms with E-state index in [1.54, 1.807) is 0 Å². The fourth-order valence-electron chi connectivity index (χ4n) is 3.68. The Morgan fingerprint density at radius 1 is 1.09 bits per heavy atom. The van der Waals surface area contributed by atoms with Crippen LogP contribution in [0.4, 0.5) is 0 Å². The molecule has 3 heteroatoms. The van der Waals surface area contributed by atoms with E-state index in [-0.39, 0.29) is 36.1 Å².